The molecule has 0 aliphatic heterocycles. The lowest BCUT2D eigenvalue weighted by molar-refractivity contribution is -0.146. The zero-order chi connectivity index (χ0) is 15.9. The Morgan fingerprint density at radius 2 is 1.86 bits per heavy atom. The van der Waals surface area contributed by atoms with Crippen LogP contribution in [0.2, 0.25) is 5.02 Å². The first-order valence-electron chi connectivity index (χ1n) is 6.48. The molecule has 1 amide bonds. The number of carbonyl (C=O) groups is 2. The molecule has 0 saturated heterocycles. The van der Waals surface area contributed by atoms with Gasteiger partial charge in [0.05, 0.1) is 6.42 Å². The quantitative estimate of drug-likeness (QED) is 0.860. The van der Waals surface area contributed by atoms with E-state index in [0.717, 1.165) is 0 Å². The Balaban J connectivity index is 1.78. The first-order chi connectivity index (χ1) is 10.5. The maximum absolute atomic E-state index is 12.7. The number of nitrogens with one attached hydrogen (secondary N) is 1. The average molecular weight is 322 g/mol. The maximum atomic E-state index is 12.7. The standard InChI is InChI=1S/C16H13ClFNO3/c17-12-2-1-3-14(9-12)19-15(20)10-22-16(21)8-11-4-6-13(18)7-5-11/h1-7,9H,8,10H2,(H,19,20). The number of benzene rings is 2. The third-order valence-corrected chi connectivity index (χ3v) is 2.97. The predicted octanol–water partition coefficient (Wildman–Crippen LogP) is 3.20. The lowest BCUT2D eigenvalue weighted by Gasteiger charge is -2.07. The molecule has 0 aliphatic rings. The number of hydrogen-bond donors (Lipinski definition) is 1. The van der Waals surface area contributed by atoms with Crippen molar-refractivity contribution in [1.82, 2.24) is 0 Å². The number of anilines is 1. The molecule has 0 bridgehead atoms. The Bertz CT molecular complexity index is 673. The monoisotopic (exact) mass is 321 g/mol. The third-order valence-electron chi connectivity index (χ3n) is 2.73. The number of rotatable bonds is 5. The molecule has 1 N–H and O–H groups in total. The summed E-state index contributed by atoms with van der Waals surface area (Å²) in [5.74, 6) is -1.40. The smallest absolute Gasteiger partial charge is 0.310 e. The van der Waals surface area contributed by atoms with Crippen LogP contribution >= 0.6 is 11.6 Å². The molecule has 0 atom stereocenters. The summed E-state index contributed by atoms with van der Waals surface area (Å²) >= 11 is 5.79. The molecule has 0 saturated carbocycles. The van der Waals surface area contributed by atoms with E-state index in [1.165, 1.54) is 24.3 Å². The summed E-state index contributed by atoms with van der Waals surface area (Å²) in [7, 11) is 0. The van der Waals surface area contributed by atoms with Crippen LogP contribution in [0.15, 0.2) is 48.5 Å². The molecule has 2 rings (SSSR count). The van der Waals surface area contributed by atoms with Crippen LogP contribution < -0.4 is 5.32 Å². The minimum Gasteiger partial charge on any atom is -0.455 e. The molecule has 2 aromatic rings. The average Bonchev–Trinajstić information content (AvgIpc) is 2.48. The summed E-state index contributed by atoms with van der Waals surface area (Å²) < 4.78 is 17.6. The van der Waals surface area contributed by atoms with E-state index in [1.807, 2.05) is 0 Å². The van der Waals surface area contributed by atoms with Crippen molar-refractivity contribution in [2.75, 3.05) is 11.9 Å². The van der Waals surface area contributed by atoms with Gasteiger partial charge in [-0.05, 0) is 35.9 Å². The Labute approximate surface area is 131 Å². The minimum absolute atomic E-state index is 0.0231. The zero-order valence-electron chi connectivity index (χ0n) is 11.5. The fraction of sp³-hybridized carbons (Fsp3) is 0.125. The molecule has 114 valence electrons. The van der Waals surface area contributed by atoms with Gasteiger partial charge in [-0.25, -0.2) is 4.39 Å². The lowest BCUT2D eigenvalue weighted by atomic mass is 10.1. The molecule has 4 nitrogen and oxygen atoms in total. The highest BCUT2D eigenvalue weighted by Gasteiger charge is 2.09. The van der Waals surface area contributed by atoms with E-state index < -0.39 is 18.5 Å². The first kappa shape index (κ1) is 16.0. The number of amides is 1. The molecule has 22 heavy (non-hydrogen) atoms. The minimum atomic E-state index is -0.562. The molecule has 2 aromatic carbocycles. The van der Waals surface area contributed by atoms with Gasteiger partial charge in [-0.3, -0.25) is 9.59 Å². The highest BCUT2D eigenvalue weighted by atomic mass is 35.5. The van der Waals surface area contributed by atoms with Crippen LogP contribution in [-0.4, -0.2) is 18.5 Å². The highest BCUT2D eigenvalue weighted by Crippen LogP contribution is 2.14. The fourth-order valence-electron chi connectivity index (χ4n) is 1.73. The van der Waals surface area contributed by atoms with E-state index in [2.05, 4.69) is 5.32 Å². The van der Waals surface area contributed by atoms with Crippen LogP contribution in [0.25, 0.3) is 0 Å². The van der Waals surface area contributed by atoms with Crippen LogP contribution in [0.4, 0.5) is 10.1 Å². The Morgan fingerprint density at radius 3 is 2.55 bits per heavy atom. The summed E-state index contributed by atoms with van der Waals surface area (Å²) in [6, 6.07) is 12.1. The van der Waals surface area contributed by atoms with E-state index in [1.54, 1.807) is 24.3 Å². The second-order valence-electron chi connectivity index (χ2n) is 4.52. The van der Waals surface area contributed by atoms with Gasteiger partial charge in [0.2, 0.25) is 0 Å². The van der Waals surface area contributed by atoms with Crippen molar-refractivity contribution >= 4 is 29.2 Å². The van der Waals surface area contributed by atoms with Gasteiger partial charge in [0, 0.05) is 10.7 Å². The summed E-state index contributed by atoms with van der Waals surface area (Å²) in [4.78, 5) is 23.2. The second kappa shape index (κ2) is 7.56. The summed E-state index contributed by atoms with van der Waals surface area (Å²) in [6.07, 6.45) is -0.0231. The molecule has 0 aliphatic carbocycles. The van der Waals surface area contributed by atoms with Gasteiger partial charge in [-0.15, -0.1) is 0 Å². The second-order valence-corrected chi connectivity index (χ2v) is 4.96. The van der Waals surface area contributed by atoms with Crippen LogP contribution in [0.5, 0.6) is 0 Å². The van der Waals surface area contributed by atoms with E-state index in [4.69, 9.17) is 16.3 Å². The maximum Gasteiger partial charge on any atom is 0.310 e. The molecular formula is C16H13ClFNO3. The molecule has 0 radical (unpaired) electrons. The van der Waals surface area contributed by atoms with Crippen LogP contribution in [-0.2, 0) is 20.7 Å². The number of halogens is 2. The van der Waals surface area contributed by atoms with Crippen molar-refractivity contribution in [2.45, 2.75) is 6.42 Å². The lowest BCUT2D eigenvalue weighted by Crippen LogP contribution is -2.21. The number of ether oxygens (including phenoxy) is 1. The Morgan fingerprint density at radius 1 is 1.14 bits per heavy atom. The zero-order valence-corrected chi connectivity index (χ0v) is 12.3. The predicted molar refractivity (Wildman–Crippen MR) is 81.1 cm³/mol. The van der Waals surface area contributed by atoms with E-state index >= 15 is 0 Å². The van der Waals surface area contributed by atoms with Crippen molar-refractivity contribution in [3.8, 4) is 0 Å². The molecular weight excluding hydrogens is 309 g/mol. The van der Waals surface area contributed by atoms with Gasteiger partial charge >= 0.3 is 5.97 Å². The van der Waals surface area contributed by atoms with E-state index in [-0.39, 0.29) is 12.2 Å². The Kier molecular flexibility index (Phi) is 5.49. The van der Waals surface area contributed by atoms with Crippen molar-refractivity contribution in [1.29, 1.82) is 0 Å². The van der Waals surface area contributed by atoms with E-state index in [9.17, 15) is 14.0 Å². The number of carbonyl (C=O) groups excluding carboxylic acids is 2. The summed E-state index contributed by atoms with van der Waals surface area (Å²) in [6.45, 7) is -0.396. The van der Waals surface area contributed by atoms with Crippen LogP contribution in [0.3, 0.4) is 0 Å². The largest absolute Gasteiger partial charge is 0.455 e. The van der Waals surface area contributed by atoms with Crippen molar-refractivity contribution in [3.05, 3.63) is 64.9 Å². The normalized spacial score (nSPS) is 10.1. The summed E-state index contributed by atoms with van der Waals surface area (Å²) in [5.41, 5.74) is 1.13. The molecule has 0 spiro atoms. The van der Waals surface area contributed by atoms with Crippen LogP contribution in [0.1, 0.15) is 5.56 Å². The number of hydrogen-bond acceptors (Lipinski definition) is 3. The van der Waals surface area contributed by atoms with Gasteiger partial charge < -0.3 is 10.1 Å². The summed E-state index contributed by atoms with van der Waals surface area (Å²) in [5, 5.41) is 3.05. The van der Waals surface area contributed by atoms with Gasteiger partial charge in [-0.1, -0.05) is 29.8 Å². The van der Waals surface area contributed by atoms with Crippen molar-refractivity contribution in [3.63, 3.8) is 0 Å². The molecule has 6 heteroatoms. The van der Waals surface area contributed by atoms with Crippen LogP contribution in [0, 0.1) is 5.82 Å². The van der Waals surface area contributed by atoms with Gasteiger partial charge in [0.15, 0.2) is 6.61 Å². The fourth-order valence-corrected chi connectivity index (χ4v) is 1.92. The highest BCUT2D eigenvalue weighted by molar-refractivity contribution is 6.30. The van der Waals surface area contributed by atoms with Gasteiger partial charge in [0.1, 0.15) is 5.82 Å². The molecule has 0 heterocycles. The Hall–Kier alpha value is -2.40. The van der Waals surface area contributed by atoms with Gasteiger partial charge in [-0.2, -0.15) is 0 Å². The van der Waals surface area contributed by atoms with Gasteiger partial charge in [0.25, 0.3) is 5.91 Å². The number of esters is 1. The van der Waals surface area contributed by atoms with Crippen molar-refractivity contribution < 1.29 is 18.7 Å². The first-order valence-corrected chi connectivity index (χ1v) is 6.86. The molecule has 0 unspecified atom stereocenters. The topological polar surface area (TPSA) is 55.4 Å². The SMILES string of the molecule is O=C(COC(=O)Cc1ccc(F)cc1)Nc1cccc(Cl)c1. The third kappa shape index (κ3) is 5.18. The van der Waals surface area contributed by atoms with E-state index in [0.29, 0.717) is 16.3 Å². The molecule has 0 fully saturated rings. The van der Waals surface area contributed by atoms with Crippen molar-refractivity contribution in [2.24, 2.45) is 0 Å². The molecule has 0 aromatic heterocycles.